The zero-order chi connectivity index (χ0) is 18.1. The minimum atomic E-state index is -0.168. The number of carbonyl (C=O) groups is 2. The highest BCUT2D eigenvalue weighted by molar-refractivity contribution is 8.00. The first-order chi connectivity index (χ1) is 12.6. The van der Waals surface area contributed by atoms with Gasteiger partial charge in [-0.3, -0.25) is 9.59 Å². The Hall–Kier alpha value is -2.38. The number of carbonyl (C=O) groups excluding carboxylic acids is 2. The standard InChI is InChI=1S/C19H17N3O2S2/c1-25-19-21-15-9-6-13(11-16(15)26-19)20-18(24)12-4-7-14(8-5-12)22-10-2-3-17(22)23/h4-9,11H,2-3,10H2,1H3,(H,20,24). The van der Waals surface area contributed by atoms with Crippen molar-refractivity contribution in [3.05, 3.63) is 48.0 Å². The maximum absolute atomic E-state index is 12.5. The van der Waals surface area contributed by atoms with E-state index in [2.05, 4.69) is 10.3 Å². The molecule has 0 bridgehead atoms. The molecule has 0 unspecified atom stereocenters. The Kier molecular flexibility index (Phi) is 4.65. The lowest BCUT2D eigenvalue weighted by Gasteiger charge is -2.15. The van der Waals surface area contributed by atoms with Crippen LogP contribution in [0, 0.1) is 0 Å². The summed E-state index contributed by atoms with van der Waals surface area (Å²) in [6.07, 6.45) is 3.49. The molecule has 0 radical (unpaired) electrons. The predicted molar refractivity (Wildman–Crippen MR) is 107 cm³/mol. The van der Waals surface area contributed by atoms with Crippen LogP contribution in [0.25, 0.3) is 10.2 Å². The summed E-state index contributed by atoms with van der Waals surface area (Å²) in [6, 6.07) is 12.9. The number of fused-ring (bicyclic) bond motifs is 1. The smallest absolute Gasteiger partial charge is 0.255 e. The number of thiazole rings is 1. The molecule has 2 amide bonds. The van der Waals surface area contributed by atoms with E-state index in [9.17, 15) is 9.59 Å². The molecule has 2 aromatic carbocycles. The predicted octanol–water partition coefficient (Wildman–Crippen LogP) is 4.40. The lowest BCUT2D eigenvalue weighted by molar-refractivity contribution is -0.117. The van der Waals surface area contributed by atoms with Gasteiger partial charge in [0.2, 0.25) is 5.91 Å². The van der Waals surface area contributed by atoms with Crippen molar-refractivity contribution in [2.24, 2.45) is 0 Å². The first-order valence-electron chi connectivity index (χ1n) is 8.30. The molecule has 3 aromatic rings. The minimum absolute atomic E-state index is 0.143. The van der Waals surface area contributed by atoms with Gasteiger partial charge in [0.25, 0.3) is 5.91 Å². The summed E-state index contributed by atoms with van der Waals surface area (Å²) in [6.45, 7) is 0.747. The molecule has 1 aromatic heterocycles. The lowest BCUT2D eigenvalue weighted by Crippen LogP contribution is -2.23. The second-order valence-electron chi connectivity index (χ2n) is 6.02. The normalized spacial score (nSPS) is 14.2. The average molecular weight is 383 g/mol. The molecule has 0 aliphatic carbocycles. The van der Waals surface area contributed by atoms with Crippen molar-refractivity contribution < 1.29 is 9.59 Å². The first-order valence-corrected chi connectivity index (χ1v) is 10.3. The number of anilines is 2. The molecule has 1 aliphatic rings. The van der Waals surface area contributed by atoms with Gasteiger partial charge in [0, 0.05) is 29.9 Å². The van der Waals surface area contributed by atoms with E-state index in [1.807, 2.05) is 36.6 Å². The number of benzene rings is 2. The van der Waals surface area contributed by atoms with E-state index in [0.29, 0.717) is 12.0 Å². The summed E-state index contributed by atoms with van der Waals surface area (Å²) < 4.78 is 2.06. The molecule has 1 aliphatic heterocycles. The van der Waals surface area contributed by atoms with Gasteiger partial charge >= 0.3 is 0 Å². The minimum Gasteiger partial charge on any atom is -0.322 e. The van der Waals surface area contributed by atoms with Crippen LogP contribution in [0.4, 0.5) is 11.4 Å². The molecule has 0 saturated carbocycles. The first kappa shape index (κ1) is 17.1. The van der Waals surface area contributed by atoms with Gasteiger partial charge in [-0.15, -0.1) is 11.3 Å². The van der Waals surface area contributed by atoms with Gasteiger partial charge in [0.05, 0.1) is 10.2 Å². The van der Waals surface area contributed by atoms with Crippen molar-refractivity contribution >= 4 is 56.5 Å². The van der Waals surface area contributed by atoms with Gasteiger partial charge in [-0.2, -0.15) is 0 Å². The lowest BCUT2D eigenvalue weighted by atomic mass is 10.1. The molecule has 4 rings (SSSR count). The number of hydrogen-bond donors (Lipinski definition) is 1. The second kappa shape index (κ2) is 7.09. The monoisotopic (exact) mass is 383 g/mol. The van der Waals surface area contributed by atoms with Crippen LogP contribution in [0.1, 0.15) is 23.2 Å². The van der Waals surface area contributed by atoms with Gasteiger partial charge in [-0.25, -0.2) is 4.98 Å². The van der Waals surface area contributed by atoms with Crippen molar-refractivity contribution in [2.75, 3.05) is 23.0 Å². The number of amides is 2. The Labute approximate surface area is 159 Å². The number of aromatic nitrogens is 1. The Balaban J connectivity index is 1.50. The van der Waals surface area contributed by atoms with Gasteiger partial charge in [0.1, 0.15) is 0 Å². The average Bonchev–Trinajstić information content (AvgIpc) is 3.27. The van der Waals surface area contributed by atoms with E-state index in [1.54, 1.807) is 40.1 Å². The maximum atomic E-state index is 12.5. The third-order valence-corrected chi connectivity index (χ3v) is 6.32. The van der Waals surface area contributed by atoms with Crippen LogP contribution in [0.2, 0.25) is 0 Å². The summed E-state index contributed by atoms with van der Waals surface area (Å²) in [5.41, 5.74) is 3.10. The van der Waals surface area contributed by atoms with Gasteiger partial charge in [-0.05, 0) is 55.1 Å². The molecule has 1 fully saturated rings. The van der Waals surface area contributed by atoms with Crippen LogP contribution in [-0.4, -0.2) is 29.6 Å². The molecule has 1 saturated heterocycles. The summed E-state index contributed by atoms with van der Waals surface area (Å²) in [4.78, 5) is 30.6. The number of nitrogens with one attached hydrogen (secondary N) is 1. The number of nitrogens with zero attached hydrogens (tertiary/aromatic N) is 2. The molecule has 1 N–H and O–H groups in total. The van der Waals surface area contributed by atoms with Gasteiger partial charge in [-0.1, -0.05) is 11.8 Å². The van der Waals surface area contributed by atoms with Crippen LogP contribution >= 0.6 is 23.1 Å². The molecule has 5 nitrogen and oxygen atoms in total. The molecule has 2 heterocycles. The van der Waals surface area contributed by atoms with E-state index >= 15 is 0 Å². The van der Waals surface area contributed by atoms with Crippen molar-refractivity contribution in [3.8, 4) is 0 Å². The van der Waals surface area contributed by atoms with Crippen LogP contribution < -0.4 is 10.2 Å². The van der Waals surface area contributed by atoms with Crippen molar-refractivity contribution in [2.45, 2.75) is 17.2 Å². The number of thioether (sulfide) groups is 1. The van der Waals surface area contributed by atoms with Gasteiger partial charge in [0.15, 0.2) is 4.34 Å². The fourth-order valence-electron chi connectivity index (χ4n) is 2.99. The molecule has 7 heteroatoms. The van der Waals surface area contributed by atoms with E-state index in [4.69, 9.17) is 0 Å². The Morgan fingerprint density at radius 1 is 1.23 bits per heavy atom. The Bertz CT molecular complexity index is 982. The van der Waals surface area contributed by atoms with E-state index in [-0.39, 0.29) is 11.8 Å². The summed E-state index contributed by atoms with van der Waals surface area (Å²) >= 11 is 3.23. The third-order valence-electron chi connectivity index (χ3n) is 4.32. The summed E-state index contributed by atoms with van der Waals surface area (Å²) in [5, 5.41) is 2.93. The summed E-state index contributed by atoms with van der Waals surface area (Å²) in [7, 11) is 0. The molecule has 0 spiro atoms. The fraction of sp³-hybridized carbons (Fsp3) is 0.211. The zero-order valence-corrected chi connectivity index (χ0v) is 15.8. The maximum Gasteiger partial charge on any atom is 0.255 e. The van der Waals surface area contributed by atoms with Crippen molar-refractivity contribution in [1.29, 1.82) is 0 Å². The number of hydrogen-bond acceptors (Lipinski definition) is 5. The molecule has 26 heavy (non-hydrogen) atoms. The highest BCUT2D eigenvalue weighted by atomic mass is 32.2. The molecular weight excluding hydrogens is 366 g/mol. The molecular formula is C19H17N3O2S2. The highest BCUT2D eigenvalue weighted by Crippen LogP contribution is 2.30. The van der Waals surface area contributed by atoms with Crippen LogP contribution in [0.15, 0.2) is 46.8 Å². The quantitative estimate of drug-likeness (QED) is 0.679. The van der Waals surface area contributed by atoms with Crippen LogP contribution in [0.5, 0.6) is 0 Å². The summed E-state index contributed by atoms with van der Waals surface area (Å²) in [5.74, 6) is -0.0251. The molecule has 0 atom stereocenters. The van der Waals surface area contributed by atoms with Gasteiger partial charge < -0.3 is 10.2 Å². The fourth-order valence-corrected chi connectivity index (χ4v) is 4.51. The van der Waals surface area contributed by atoms with E-state index in [1.165, 1.54) is 0 Å². The highest BCUT2D eigenvalue weighted by Gasteiger charge is 2.21. The SMILES string of the molecule is CSc1nc2ccc(NC(=O)c3ccc(N4CCCC4=O)cc3)cc2s1. The van der Waals surface area contributed by atoms with Crippen LogP contribution in [-0.2, 0) is 4.79 Å². The largest absolute Gasteiger partial charge is 0.322 e. The van der Waals surface area contributed by atoms with E-state index in [0.717, 1.165) is 38.9 Å². The number of rotatable bonds is 4. The van der Waals surface area contributed by atoms with E-state index < -0.39 is 0 Å². The molecule has 132 valence electrons. The van der Waals surface area contributed by atoms with Crippen LogP contribution in [0.3, 0.4) is 0 Å². The Morgan fingerprint density at radius 2 is 2.04 bits per heavy atom. The third kappa shape index (κ3) is 3.32. The topological polar surface area (TPSA) is 62.3 Å². The van der Waals surface area contributed by atoms with Crippen molar-refractivity contribution in [1.82, 2.24) is 4.98 Å². The second-order valence-corrected chi connectivity index (χ2v) is 8.10. The zero-order valence-electron chi connectivity index (χ0n) is 14.2. The van der Waals surface area contributed by atoms with Crippen molar-refractivity contribution in [3.63, 3.8) is 0 Å². The Morgan fingerprint density at radius 3 is 2.73 bits per heavy atom.